The lowest BCUT2D eigenvalue weighted by atomic mass is 9.69. The molecule has 2 atom stereocenters. The normalized spacial score (nSPS) is 26.3. The lowest BCUT2D eigenvalue weighted by molar-refractivity contribution is -0.137. The van der Waals surface area contributed by atoms with Crippen LogP contribution in [0.25, 0.3) is 0 Å². The zero-order valence-corrected chi connectivity index (χ0v) is 13.9. The molecule has 0 spiro atoms. The summed E-state index contributed by atoms with van der Waals surface area (Å²) in [4.78, 5) is 1.85. The average molecular weight is 308 g/mol. The van der Waals surface area contributed by atoms with E-state index in [1.165, 1.54) is 6.42 Å². The van der Waals surface area contributed by atoms with E-state index in [2.05, 4.69) is 26.1 Å². The fraction of sp³-hybridized carbons (Fsp3) is 1.00. The highest BCUT2D eigenvalue weighted by atomic mass is 19.4. The Hall–Kier alpha value is -0.290. The lowest BCUT2D eigenvalue weighted by Crippen LogP contribution is -2.47. The summed E-state index contributed by atoms with van der Waals surface area (Å²) in [5.41, 5.74) is 0.305. The van der Waals surface area contributed by atoms with Crippen LogP contribution in [0, 0.1) is 11.3 Å². The highest BCUT2D eigenvalue weighted by Gasteiger charge is 2.35. The second kappa shape index (κ2) is 7.82. The molecule has 0 aromatic heterocycles. The van der Waals surface area contributed by atoms with E-state index in [-0.39, 0.29) is 6.54 Å². The van der Waals surface area contributed by atoms with Crippen molar-refractivity contribution in [2.24, 2.45) is 11.3 Å². The Balaban J connectivity index is 2.52. The Morgan fingerprint density at radius 2 is 1.95 bits per heavy atom. The minimum Gasteiger partial charge on any atom is -0.314 e. The Morgan fingerprint density at radius 3 is 2.52 bits per heavy atom. The molecule has 0 heterocycles. The number of halogens is 3. The SMILES string of the molecule is CCCNC1CCC(C)(C)CC1CN(C)CCC(F)(F)F. The fourth-order valence-electron chi connectivity index (χ4n) is 3.34. The summed E-state index contributed by atoms with van der Waals surface area (Å²) in [5, 5.41) is 3.59. The van der Waals surface area contributed by atoms with Gasteiger partial charge in [-0.3, -0.25) is 0 Å². The van der Waals surface area contributed by atoms with Gasteiger partial charge in [0.05, 0.1) is 6.42 Å². The first-order chi connectivity index (χ1) is 9.63. The summed E-state index contributed by atoms with van der Waals surface area (Å²) in [7, 11) is 1.81. The van der Waals surface area contributed by atoms with Gasteiger partial charge in [-0.15, -0.1) is 0 Å². The molecular formula is C16H31F3N2. The Kier molecular flexibility index (Phi) is 6.98. The number of alkyl halides is 3. The Labute approximate surface area is 127 Å². The molecule has 0 aromatic rings. The van der Waals surface area contributed by atoms with Gasteiger partial charge in [0.15, 0.2) is 0 Å². The molecular weight excluding hydrogens is 277 g/mol. The zero-order chi connectivity index (χ0) is 16.1. The van der Waals surface area contributed by atoms with E-state index in [1.54, 1.807) is 0 Å². The van der Waals surface area contributed by atoms with E-state index in [4.69, 9.17) is 0 Å². The second-order valence-electron chi connectivity index (χ2n) is 7.36. The van der Waals surface area contributed by atoms with Crippen LogP contribution in [0.1, 0.15) is 52.9 Å². The zero-order valence-electron chi connectivity index (χ0n) is 13.9. The first-order valence-electron chi connectivity index (χ1n) is 8.11. The minimum absolute atomic E-state index is 0.0981. The van der Waals surface area contributed by atoms with Crippen LogP contribution < -0.4 is 5.32 Å². The Bertz CT molecular complexity index is 302. The summed E-state index contributed by atoms with van der Waals surface area (Å²) in [5.74, 6) is 0.443. The van der Waals surface area contributed by atoms with Crippen LogP contribution in [0.2, 0.25) is 0 Å². The maximum Gasteiger partial charge on any atom is 0.390 e. The second-order valence-corrected chi connectivity index (χ2v) is 7.36. The van der Waals surface area contributed by atoms with Crippen molar-refractivity contribution in [3.05, 3.63) is 0 Å². The predicted octanol–water partition coefficient (Wildman–Crippen LogP) is 4.07. The number of nitrogens with one attached hydrogen (secondary N) is 1. The standard InChI is InChI=1S/C16H31F3N2/c1-5-9-20-14-6-7-15(2,3)11-13(14)12-21(4)10-8-16(17,18)19/h13-14,20H,5-12H2,1-4H3. The number of hydrogen-bond donors (Lipinski definition) is 1. The monoisotopic (exact) mass is 308 g/mol. The van der Waals surface area contributed by atoms with Gasteiger partial charge in [-0.25, -0.2) is 0 Å². The van der Waals surface area contributed by atoms with Crippen molar-refractivity contribution in [2.75, 3.05) is 26.7 Å². The molecule has 1 saturated carbocycles. The van der Waals surface area contributed by atoms with E-state index in [0.717, 1.165) is 32.4 Å². The van der Waals surface area contributed by atoms with Crippen LogP contribution in [0.3, 0.4) is 0 Å². The molecule has 0 radical (unpaired) electrons. The number of rotatable bonds is 7. The maximum absolute atomic E-state index is 12.3. The molecule has 2 nitrogen and oxygen atoms in total. The molecule has 0 amide bonds. The third-order valence-electron chi connectivity index (χ3n) is 4.50. The number of hydrogen-bond acceptors (Lipinski definition) is 2. The first-order valence-corrected chi connectivity index (χ1v) is 8.11. The first kappa shape index (κ1) is 18.8. The van der Waals surface area contributed by atoms with Gasteiger partial charge in [-0.05, 0) is 50.6 Å². The van der Waals surface area contributed by atoms with Crippen molar-refractivity contribution < 1.29 is 13.2 Å². The van der Waals surface area contributed by atoms with Gasteiger partial charge in [-0.1, -0.05) is 20.8 Å². The van der Waals surface area contributed by atoms with E-state index in [9.17, 15) is 13.2 Å². The molecule has 0 aliphatic heterocycles. The Morgan fingerprint density at radius 1 is 1.29 bits per heavy atom. The molecule has 1 N–H and O–H groups in total. The molecule has 1 rings (SSSR count). The van der Waals surface area contributed by atoms with E-state index in [0.29, 0.717) is 17.4 Å². The van der Waals surface area contributed by atoms with Crippen LogP contribution >= 0.6 is 0 Å². The predicted molar refractivity (Wildman–Crippen MR) is 81.4 cm³/mol. The average Bonchev–Trinajstić information content (AvgIpc) is 2.34. The van der Waals surface area contributed by atoms with Gasteiger partial charge >= 0.3 is 6.18 Å². The molecule has 1 fully saturated rings. The summed E-state index contributed by atoms with van der Waals surface area (Å²) >= 11 is 0. The van der Waals surface area contributed by atoms with Gasteiger partial charge < -0.3 is 10.2 Å². The fourth-order valence-corrected chi connectivity index (χ4v) is 3.34. The van der Waals surface area contributed by atoms with Crippen molar-refractivity contribution in [3.63, 3.8) is 0 Å². The van der Waals surface area contributed by atoms with Crippen LogP contribution in [0.15, 0.2) is 0 Å². The van der Waals surface area contributed by atoms with Gasteiger partial charge in [-0.2, -0.15) is 13.2 Å². The smallest absolute Gasteiger partial charge is 0.314 e. The largest absolute Gasteiger partial charge is 0.390 e. The molecule has 21 heavy (non-hydrogen) atoms. The lowest BCUT2D eigenvalue weighted by Gasteiger charge is -2.42. The molecule has 1 aliphatic carbocycles. The highest BCUT2D eigenvalue weighted by molar-refractivity contribution is 4.90. The third-order valence-corrected chi connectivity index (χ3v) is 4.50. The topological polar surface area (TPSA) is 15.3 Å². The molecule has 0 aromatic carbocycles. The van der Waals surface area contributed by atoms with Crippen LogP contribution in [0.4, 0.5) is 13.2 Å². The van der Waals surface area contributed by atoms with Crippen molar-refractivity contribution in [1.82, 2.24) is 10.2 Å². The molecule has 2 unspecified atom stereocenters. The quantitative estimate of drug-likeness (QED) is 0.763. The van der Waals surface area contributed by atoms with Gasteiger partial charge in [0.2, 0.25) is 0 Å². The summed E-state index contributed by atoms with van der Waals surface area (Å²) in [6.07, 6.45) is -0.268. The van der Waals surface area contributed by atoms with Crippen molar-refractivity contribution in [3.8, 4) is 0 Å². The van der Waals surface area contributed by atoms with E-state index < -0.39 is 12.6 Å². The van der Waals surface area contributed by atoms with E-state index in [1.807, 2.05) is 11.9 Å². The van der Waals surface area contributed by atoms with Crippen LogP contribution in [-0.2, 0) is 0 Å². The van der Waals surface area contributed by atoms with Crippen molar-refractivity contribution >= 4 is 0 Å². The maximum atomic E-state index is 12.3. The van der Waals surface area contributed by atoms with Crippen molar-refractivity contribution in [1.29, 1.82) is 0 Å². The van der Waals surface area contributed by atoms with Gasteiger partial charge in [0.25, 0.3) is 0 Å². The minimum atomic E-state index is -4.06. The van der Waals surface area contributed by atoms with Crippen LogP contribution in [0.5, 0.6) is 0 Å². The van der Waals surface area contributed by atoms with Crippen molar-refractivity contribution in [2.45, 2.75) is 65.1 Å². The van der Waals surface area contributed by atoms with Gasteiger partial charge in [0, 0.05) is 19.1 Å². The highest BCUT2D eigenvalue weighted by Crippen LogP contribution is 2.39. The summed E-state index contributed by atoms with van der Waals surface area (Å²) < 4.78 is 37.0. The third kappa shape index (κ3) is 7.50. The summed E-state index contributed by atoms with van der Waals surface area (Å²) in [6.45, 7) is 8.53. The number of nitrogens with zero attached hydrogens (tertiary/aromatic N) is 1. The molecule has 126 valence electrons. The van der Waals surface area contributed by atoms with E-state index >= 15 is 0 Å². The molecule has 0 saturated heterocycles. The van der Waals surface area contributed by atoms with Crippen LogP contribution in [-0.4, -0.2) is 43.8 Å². The molecule has 1 aliphatic rings. The van der Waals surface area contributed by atoms with Gasteiger partial charge in [0.1, 0.15) is 0 Å². The molecule has 0 bridgehead atoms. The molecule has 5 heteroatoms. The summed E-state index contributed by atoms with van der Waals surface area (Å²) in [6, 6.07) is 0.450.